The van der Waals surface area contributed by atoms with Gasteiger partial charge >= 0.3 is 5.97 Å². The molecule has 94 valence electrons. The quantitative estimate of drug-likeness (QED) is 0.460. The zero-order valence-corrected chi connectivity index (χ0v) is 10.1. The van der Waals surface area contributed by atoms with Crippen molar-refractivity contribution in [1.29, 1.82) is 5.26 Å². The Hall–Kier alpha value is -2.42. The minimum atomic E-state index is -0.551. The number of nitriles is 1. The van der Waals surface area contributed by atoms with Crippen LogP contribution in [0.25, 0.3) is 0 Å². The summed E-state index contributed by atoms with van der Waals surface area (Å²) in [6.45, 7) is 3.40. The molecule has 0 amide bonds. The number of hydrogen-bond acceptors (Lipinski definition) is 5. The van der Waals surface area contributed by atoms with E-state index in [0.29, 0.717) is 5.56 Å². The lowest BCUT2D eigenvalue weighted by Gasteiger charge is -2.06. The van der Waals surface area contributed by atoms with E-state index in [-0.39, 0.29) is 29.8 Å². The maximum Gasteiger partial charge on any atom is 0.310 e. The van der Waals surface area contributed by atoms with Gasteiger partial charge in [0.2, 0.25) is 0 Å². The summed E-state index contributed by atoms with van der Waals surface area (Å²) in [5.41, 5.74) is 0.716. The van der Waals surface area contributed by atoms with Crippen molar-refractivity contribution in [2.75, 3.05) is 6.61 Å². The van der Waals surface area contributed by atoms with E-state index in [2.05, 4.69) is 0 Å². The van der Waals surface area contributed by atoms with Gasteiger partial charge in [-0.2, -0.15) is 5.26 Å². The van der Waals surface area contributed by atoms with E-state index in [9.17, 15) is 14.9 Å². The first-order valence-electron chi connectivity index (χ1n) is 5.33. The highest BCUT2D eigenvalue weighted by molar-refractivity contribution is 5.75. The number of nitrogens with zero attached hydrogens (tertiary/aromatic N) is 2. The Bertz CT molecular complexity index is 532. The van der Waals surface area contributed by atoms with Crippen LogP contribution in [-0.4, -0.2) is 17.5 Å². The van der Waals surface area contributed by atoms with E-state index < -0.39 is 10.9 Å². The smallest absolute Gasteiger partial charge is 0.310 e. The zero-order chi connectivity index (χ0) is 13.7. The average Bonchev–Trinajstić information content (AvgIpc) is 2.27. The van der Waals surface area contributed by atoms with Crippen molar-refractivity contribution in [2.24, 2.45) is 0 Å². The predicted octanol–water partition coefficient (Wildman–Crippen LogP) is 1.88. The number of rotatable bonds is 4. The highest BCUT2D eigenvalue weighted by Gasteiger charge is 2.21. The molecular weight excluding hydrogens is 236 g/mol. The van der Waals surface area contributed by atoms with Gasteiger partial charge in [0, 0.05) is 11.1 Å². The minimum Gasteiger partial charge on any atom is -0.466 e. The molecule has 0 saturated carbocycles. The molecule has 0 aromatic heterocycles. The predicted molar refractivity (Wildman–Crippen MR) is 62.9 cm³/mol. The SMILES string of the molecule is CCOC(=O)Cc1cc(C#N)cc(C)c1[N+](=O)[O-]. The number of ether oxygens (including phenoxy) is 1. The van der Waals surface area contributed by atoms with E-state index >= 15 is 0 Å². The Morgan fingerprint density at radius 2 is 2.22 bits per heavy atom. The summed E-state index contributed by atoms with van der Waals surface area (Å²) in [6, 6.07) is 4.68. The van der Waals surface area contributed by atoms with Crippen LogP contribution in [0.15, 0.2) is 12.1 Å². The molecule has 0 radical (unpaired) electrons. The monoisotopic (exact) mass is 248 g/mol. The number of carbonyl (C=O) groups excluding carboxylic acids is 1. The number of hydrogen-bond donors (Lipinski definition) is 0. The molecule has 0 heterocycles. The first-order chi connectivity index (χ1) is 8.49. The molecule has 0 saturated heterocycles. The minimum absolute atomic E-state index is 0.137. The van der Waals surface area contributed by atoms with Crippen LogP contribution in [0.4, 0.5) is 5.69 Å². The molecule has 0 aliphatic rings. The standard InChI is InChI=1S/C12H12N2O4/c1-3-18-11(15)6-10-5-9(7-13)4-8(2)12(10)14(16)17/h4-5H,3,6H2,1-2H3. The summed E-state index contributed by atoms with van der Waals surface area (Å²) in [7, 11) is 0. The molecule has 0 fully saturated rings. The van der Waals surface area contributed by atoms with Crippen LogP contribution in [0.2, 0.25) is 0 Å². The number of nitro groups is 1. The molecule has 1 aromatic rings. The molecule has 0 aliphatic carbocycles. The van der Waals surface area contributed by atoms with Crippen LogP contribution in [0, 0.1) is 28.4 Å². The van der Waals surface area contributed by atoms with Crippen molar-refractivity contribution < 1.29 is 14.5 Å². The molecule has 18 heavy (non-hydrogen) atoms. The Morgan fingerprint density at radius 1 is 1.56 bits per heavy atom. The maximum atomic E-state index is 11.4. The topological polar surface area (TPSA) is 93.2 Å². The Kier molecular flexibility index (Phi) is 4.38. The third kappa shape index (κ3) is 3.04. The normalized spacial score (nSPS) is 9.61. The summed E-state index contributed by atoms with van der Waals surface area (Å²) in [5, 5.41) is 19.8. The van der Waals surface area contributed by atoms with Crippen molar-refractivity contribution in [2.45, 2.75) is 20.3 Å². The average molecular weight is 248 g/mol. The Morgan fingerprint density at radius 3 is 2.72 bits per heavy atom. The molecule has 0 spiro atoms. The molecule has 0 aliphatic heterocycles. The second-order valence-electron chi connectivity index (χ2n) is 3.65. The van der Waals surface area contributed by atoms with Crippen molar-refractivity contribution in [3.05, 3.63) is 38.9 Å². The van der Waals surface area contributed by atoms with Gasteiger partial charge in [0.15, 0.2) is 0 Å². The van der Waals surface area contributed by atoms with Gasteiger partial charge in [0.1, 0.15) is 0 Å². The molecule has 0 N–H and O–H groups in total. The lowest BCUT2D eigenvalue weighted by molar-refractivity contribution is -0.386. The summed E-state index contributed by atoms with van der Waals surface area (Å²) < 4.78 is 4.75. The first-order valence-corrected chi connectivity index (χ1v) is 5.33. The number of aryl methyl sites for hydroxylation is 1. The summed E-state index contributed by atoms with van der Waals surface area (Å²) in [5.74, 6) is -0.546. The number of carbonyl (C=O) groups is 1. The highest BCUT2D eigenvalue weighted by atomic mass is 16.6. The number of nitro benzene ring substituents is 1. The van der Waals surface area contributed by atoms with E-state index in [1.807, 2.05) is 6.07 Å². The molecule has 0 atom stereocenters. The summed E-state index contributed by atoms with van der Waals surface area (Å²) in [6.07, 6.45) is -0.208. The molecule has 6 nitrogen and oxygen atoms in total. The third-order valence-electron chi connectivity index (χ3n) is 2.33. The molecule has 0 bridgehead atoms. The zero-order valence-electron chi connectivity index (χ0n) is 10.1. The second-order valence-corrected chi connectivity index (χ2v) is 3.65. The third-order valence-corrected chi connectivity index (χ3v) is 2.33. The van der Waals surface area contributed by atoms with Crippen LogP contribution < -0.4 is 0 Å². The van der Waals surface area contributed by atoms with Gasteiger partial charge in [0.25, 0.3) is 5.69 Å². The van der Waals surface area contributed by atoms with Crippen LogP contribution in [0.3, 0.4) is 0 Å². The van der Waals surface area contributed by atoms with Gasteiger partial charge < -0.3 is 4.74 Å². The van der Waals surface area contributed by atoms with Gasteiger partial charge in [-0.3, -0.25) is 14.9 Å². The van der Waals surface area contributed by atoms with E-state index in [1.165, 1.54) is 19.1 Å². The largest absolute Gasteiger partial charge is 0.466 e. The van der Waals surface area contributed by atoms with Crippen molar-refractivity contribution in [1.82, 2.24) is 0 Å². The van der Waals surface area contributed by atoms with E-state index in [0.717, 1.165) is 0 Å². The van der Waals surface area contributed by atoms with Gasteiger partial charge in [0.05, 0.1) is 29.6 Å². The van der Waals surface area contributed by atoms with Gasteiger partial charge in [-0.15, -0.1) is 0 Å². The summed E-state index contributed by atoms with van der Waals surface area (Å²) >= 11 is 0. The highest BCUT2D eigenvalue weighted by Crippen LogP contribution is 2.25. The molecule has 6 heteroatoms. The fourth-order valence-corrected chi connectivity index (χ4v) is 1.68. The molecule has 1 rings (SSSR count). The fraction of sp³-hybridized carbons (Fsp3) is 0.333. The number of esters is 1. The maximum absolute atomic E-state index is 11.4. The first kappa shape index (κ1) is 13.6. The van der Waals surface area contributed by atoms with Crippen LogP contribution in [-0.2, 0) is 16.0 Å². The van der Waals surface area contributed by atoms with Gasteiger partial charge in [-0.25, -0.2) is 0 Å². The van der Waals surface area contributed by atoms with Crippen LogP contribution in [0.5, 0.6) is 0 Å². The van der Waals surface area contributed by atoms with Crippen molar-refractivity contribution in [3.63, 3.8) is 0 Å². The Balaban J connectivity index is 3.22. The van der Waals surface area contributed by atoms with E-state index in [4.69, 9.17) is 10.00 Å². The van der Waals surface area contributed by atoms with Gasteiger partial charge in [-0.05, 0) is 26.0 Å². The molecule has 0 unspecified atom stereocenters. The van der Waals surface area contributed by atoms with Crippen LogP contribution in [0.1, 0.15) is 23.6 Å². The van der Waals surface area contributed by atoms with Crippen molar-refractivity contribution in [3.8, 4) is 6.07 Å². The second kappa shape index (κ2) is 5.77. The van der Waals surface area contributed by atoms with Gasteiger partial charge in [-0.1, -0.05) is 0 Å². The lowest BCUT2D eigenvalue weighted by atomic mass is 10.0. The Labute approximate surface area is 104 Å². The lowest BCUT2D eigenvalue weighted by Crippen LogP contribution is -2.10. The number of benzene rings is 1. The van der Waals surface area contributed by atoms with E-state index in [1.54, 1.807) is 6.92 Å². The van der Waals surface area contributed by atoms with Crippen molar-refractivity contribution >= 4 is 11.7 Å². The summed E-state index contributed by atoms with van der Waals surface area (Å²) in [4.78, 5) is 21.8. The fourth-order valence-electron chi connectivity index (χ4n) is 1.68. The molecular formula is C12H12N2O4. The molecule has 1 aromatic carbocycles. The van der Waals surface area contributed by atoms with Crippen LogP contribution >= 0.6 is 0 Å².